The number of rotatable bonds is 5. The molecule has 0 amide bonds. The summed E-state index contributed by atoms with van der Waals surface area (Å²) in [5, 5.41) is 1.01. The molecule has 0 atom stereocenters. The second-order valence-electron chi connectivity index (χ2n) is 6.73. The number of hydrogen-bond acceptors (Lipinski definition) is 2. The maximum absolute atomic E-state index is 13.5. The molecule has 0 unspecified atom stereocenters. The quantitative estimate of drug-likeness (QED) is 0.751. The summed E-state index contributed by atoms with van der Waals surface area (Å²) in [5.74, 6) is 0.841. The highest BCUT2D eigenvalue weighted by atomic mass is 19.1. The third kappa shape index (κ3) is 3.27. The fourth-order valence-electron chi connectivity index (χ4n) is 3.87. The Balaban J connectivity index is 1.38. The van der Waals surface area contributed by atoms with Crippen LogP contribution in [0.15, 0.2) is 42.6 Å². The predicted molar refractivity (Wildman–Crippen MR) is 98.6 cm³/mol. The molecule has 0 spiro atoms. The molecular formula is C21H23FN2O. The summed E-state index contributed by atoms with van der Waals surface area (Å²) < 4.78 is 19.0. The number of aromatic nitrogens is 1. The normalized spacial score (nSPS) is 14.6. The van der Waals surface area contributed by atoms with E-state index in [1.165, 1.54) is 22.8 Å². The lowest BCUT2D eigenvalue weighted by Gasteiger charge is -2.29. The molecule has 3 nitrogen and oxygen atoms in total. The molecule has 3 aromatic rings. The van der Waals surface area contributed by atoms with E-state index in [2.05, 4.69) is 22.0 Å². The molecule has 4 rings (SSSR count). The van der Waals surface area contributed by atoms with Crippen molar-refractivity contribution in [1.29, 1.82) is 0 Å². The summed E-state index contributed by atoms with van der Waals surface area (Å²) in [7, 11) is 1.74. The minimum absolute atomic E-state index is 0.171. The summed E-state index contributed by atoms with van der Waals surface area (Å²) >= 11 is 0. The molecule has 25 heavy (non-hydrogen) atoms. The van der Waals surface area contributed by atoms with Crippen LogP contribution in [0.1, 0.15) is 23.1 Å². The van der Waals surface area contributed by atoms with Crippen LogP contribution in [-0.4, -0.2) is 30.1 Å². The SMILES string of the molecule is [11CH3]Oc1cccc2c1CCN(CCCc1c[nH]c3ccc(F)cc13)C2. The summed E-state index contributed by atoms with van der Waals surface area (Å²) in [4.78, 5) is 5.73. The van der Waals surface area contributed by atoms with Crippen LogP contribution in [0.2, 0.25) is 0 Å². The Bertz CT molecular complexity index is 887. The Morgan fingerprint density at radius 2 is 2.16 bits per heavy atom. The van der Waals surface area contributed by atoms with E-state index < -0.39 is 0 Å². The van der Waals surface area contributed by atoms with E-state index in [4.69, 9.17) is 4.74 Å². The molecule has 0 bridgehead atoms. The van der Waals surface area contributed by atoms with Crippen molar-refractivity contribution in [2.45, 2.75) is 25.8 Å². The largest absolute Gasteiger partial charge is 0.496 e. The monoisotopic (exact) mass is 337 g/mol. The Morgan fingerprint density at radius 3 is 3.04 bits per heavy atom. The zero-order valence-corrected chi connectivity index (χ0v) is 14.5. The van der Waals surface area contributed by atoms with E-state index in [1.807, 2.05) is 18.3 Å². The zero-order valence-electron chi connectivity index (χ0n) is 14.5. The van der Waals surface area contributed by atoms with E-state index in [0.717, 1.165) is 55.5 Å². The topological polar surface area (TPSA) is 28.3 Å². The standard InChI is InChI=1S/C21H23FN2O/c1-25-21-6-2-4-16-14-24(11-9-18(16)21)10-3-5-15-13-23-20-8-7-17(22)12-19(15)20/h2,4,6-8,12-13,23H,3,5,9-11,14H2,1H3/i1-1. The Hall–Kier alpha value is -2.33. The summed E-state index contributed by atoms with van der Waals surface area (Å²) in [6.45, 7) is 3.10. The van der Waals surface area contributed by atoms with E-state index in [1.54, 1.807) is 13.2 Å². The number of aromatic amines is 1. The number of H-pyrrole nitrogens is 1. The summed E-state index contributed by atoms with van der Waals surface area (Å²) in [6, 6.07) is 11.3. The second kappa shape index (κ2) is 6.89. The molecule has 0 fully saturated rings. The summed E-state index contributed by atoms with van der Waals surface area (Å²) in [6.07, 6.45) is 5.09. The number of benzene rings is 2. The maximum atomic E-state index is 13.5. The first kappa shape index (κ1) is 16.2. The number of hydrogen-bond donors (Lipinski definition) is 1. The molecule has 2 heterocycles. The summed E-state index contributed by atoms with van der Waals surface area (Å²) in [5.41, 5.74) is 4.94. The average molecular weight is 337 g/mol. The fraction of sp³-hybridized carbons (Fsp3) is 0.333. The number of halogens is 1. The number of methoxy groups -OCH3 is 1. The van der Waals surface area contributed by atoms with Crippen LogP contribution in [0.5, 0.6) is 5.75 Å². The second-order valence-corrected chi connectivity index (χ2v) is 6.73. The number of nitrogens with one attached hydrogen (secondary N) is 1. The third-order valence-electron chi connectivity index (χ3n) is 5.17. The van der Waals surface area contributed by atoms with Crippen molar-refractivity contribution in [1.82, 2.24) is 9.88 Å². The maximum Gasteiger partial charge on any atom is 0.123 e. The van der Waals surface area contributed by atoms with Gasteiger partial charge in [-0.3, -0.25) is 4.90 Å². The van der Waals surface area contributed by atoms with Gasteiger partial charge >= 0.3 is 0 Å². The molecule has 130 valence electrons. The van der Waals surface area contributed by atoms with Crippen molar-refractivity contribution in [3.8, 4) is 5.75 Å². The van der Waals surface area contributed by atoms with Crippen LogP contribution in [0, 0.1) is 5.82 Å². The number of nitrogens with zero attached hydrogens (tertiary/aromatic N) is 1. The highest BCUT2D eigenvalue weighted by molar-refractivity contribution is 5.83. The first-order chi connectivity index (χ1) is 12.2. The van der Waals surface area contributed by atoms with Crippen LogP contribution >= 0.6 is 0 Å². The van der Waals surface area contributed by atoms with Gasteiger partial charge in [0.2, 0.25) is 0 Å². The van der Waals surface area contributed by atoms with Gasteiger partial charge in [-0.2, -0.15) is 0 Å². The van der Waals surface area contributed by atoms with E-state index in [-0.39, 0.29) is 5.82 Å². The van der Waals surface area contributed by atoms with E-state index in [9.17, 15) is 4.39 Å². The van der Waals surface area contributed by atoms with Gasteiger partial charge in [0.15, 0.2) is 0 Å². The van der Waals surface area contributed by atoms with Gasteiger partial charge in [0.05, 0.1) is 7.11 Å². The van der Waals surface area contributed by atoms with Crippen LogP contribution in [0.4, 0.5) is 4.39 Å². The van der Waals surface area contributed by atoms with Crippen molar-refractivity contribution >= 4 is 10.9 Å². The van der Waals surface area contributed by atoms with Crippen molar-refractivity contribution in [2.75, 3.05) is 20.2 Å². The molecule has 1 aromatic heterocycles. The molecule has 0 saturated heterocycles. The molecule has 1 aliphatic rings. The van der Waals surface area contributed by atoms with Gasteiger partial charge in [0, 0.05) is 30.2 Å². The number of fused-ring (bicyclic) bond motifs is 2. The zero-order chi connectivity index (χ0) is 17.2. The van der Waals surface area contributed by atoms with E-state index in [0.29, 0.717) is 0 Å². The van der Waals surface area contributed by atoms with Gasteiger partial charge in [-0.1, -0.05) is 12.1 Å². The minimum Gasteiger partial charge on any atom is -0.496 e. The van der Waals surface area contributed by atoms with Crippen molar-refractivity contribution < 1.29 is 9.13 Å². The molecular weight excluding hydrogens is 314 g/mol. The Morgan fingerprint density at radius 1 is 1.24 bits per heavy atom. The molecule has 1 aliphatic heterocycles. The van der Waals surface area contributed by atoms with Crippen LogP contribution in [0.3, 0.4) is 0 Å². The van der Waals surface area contributed by atoms with Gasteiger partial charge in [-0.05, 0) is 66.8 Å². The first-order valence-corrected chi connectivity index (χ1v) is 8.87. The van der Waals surface area contributed by atoms with Gasteiger partial charge < -0.3 is 9.72 Å². The molecule has 2 aromatic carbocycles. The van der Waals surface area contributed by atoms with Crippen molar-refractivity contribution in [2.24, 2.45) is 0 Å². The van der Waals surface area contributed by atoms with Gasteiger partial charge in [0.25, 0.3) is 0 Å². The van der Waals surface area contributed by atoms with Gasteiger partial charge in [0.1, 0.15) is 11.6 Å². The average Bonchev–Trinajstić information content (AvgIpc) is 3.03. The van der Waals surface area contributed by atoms with Crippen LogP contribution in [-0.2, 0) is 19.4 Å². The third-order valence-corrected chi connectivity index (χ3v) is 5.17. The first-order valence-electron chi connectivity index (χ1n) is 8.87. The highest BCUT2D eigenvalue weighted by Gasteiger charge is 2.18. The lowest BCUT2D eigenvalue weighted by Crippen LogP contribution is -2.31. The van der Waals surface area contributed by atoms with Crippen molar-refractivity contribution in [3.63, 3.8) is 0 Å². The molecule has 1 N–H and O–H groups in total. The smallest absolute Gasteiger partial charge is 0.123 e. The molecule has 0 radical (unpaired) electrons. The highest BCUT2D eigenvalue weighted by Crippen LogP contribution is 2.28. The fourth-order valence-corrected chi connectivity index (χ4v) is 3.87. The molecule has 0 saturated carbocycles. The van der Waals surface area contributed by atoms with Gasteiger partial charge in [-0.15, -0.1) is 0 Å². The van der Waals surface area contributed by atoms with Gasteiger partial charge in [-0.25, -0.2) is 4.39 Å². The Kier molecular flexibility index (Phi) is 4.45. The number of aryl methyl sites for hydroxylation is 1. The minimum atomic E-state index is -0.171. The molecule has 4 heteroatoms. The van der Waals surface area contributed by atoms with E-state index >= 15 is 0 Å². The molecule has 0 aliphatic carbocycles. The van der Waals surface area contributed by atoms with Crippen LogP contribution < -0.4 is 4.74 Å². The lowest BCUT2D eigenvalue weighted by molar-refractivity contribution is 0.248. The predicted octanol–water partition coefficient (Wildman–Crippen LogP) is 4.31. The number of ether oxygens (including phenoxy) is 1. The van der Waals surface area contributed by atoms with Crippen LogP contribution in [0.25, 0.3) is 10.9 Å². The Labute approximate surface area is 147 Å². The van der Waals surface area contributed by atoms with Crippen molar-refractivity contribution in [3.05, 3.63) is 65.1 Å². The lowest BCUT2D eigenvalue weighted by atomic mass is 9.98.